The van der Waals surface area contributed by atoms with Crippen molar-refractivity contribution in [2.24, 2.45) is 11.7 Å². The van der Waals surface area contributed by atoms with E-state index in [1.54, 1.807) is 19.1 Å². The second-order valence-corrected chi connectivity index (χ2v) is 4.51. The van der Waals surface area contributed by atoms with E-state index in [1.165, 1.54) is 6.07 Å². The highest BCUT2D eigenvalue weighted by atomic mass is 19.1. The molecule has 1 fully saturated rings. The molecule has 0 amide bonds. The van der Waals surface area contributed by atoms with Gasteiger partial charge in [-0.25, -0.2) is 4.39 Å². The molecule has 0 saturated carbocycles. The van der Waals surface area contributed by atoms with Crippen molar-refractivity contribution in [1.82, 2.24) is 0 Å². The van der Waals surface area contributed by atoms with Crippen molar-refractivity contribution in [2.45, 2.75) is 19.4 Å². The number of hydrogen-bond acceptors (Lipinski definition) is 3. The molecular formula is C13H18FNO2. The maximum Gasteiger partial charge on any atom is 0.129 e. The average molecular weight is 239 g/mol. The third kappa shape index (κ3) is 3.17. The van der Waals surface area contributed by atoms with E-state index in [2.05, 4.69) is 0 Å². The van der Waals surface area contributed by atoms with Gasteiger partial charge < -0.3 is 15.2 Å². The van der Waals surface area contributed by atoms with Crippen molar-refractivity contribution in [3.05, 3.63) is 29.6 Å². The number of hydrogen-bond donors (Lipinski definition) is 1. The van der Waals surface area contributed by atoms with Crippen molar-refractivity contribution in [1.29, 1.82) is 0 Å². The third-order valence-corrected chi connectivity index (χ3v) is 3.16. The minimum atomic E-state index is -0.250. The lowest BCUT2D eigenvalue weighted by Gasteiger charge is -2.18. The van der Waals surface area contributed by atoms with Crippen LogP contribution in [0.5, 0.6) is 5.75 Å². The van der Waals surface area contributed by atoms with Crippen molar-refractivity contribution in [2.75, 3.05) is 19.8 Å². The summed E-state index contributed by atoms with van der Waals surface area (Å²) in [5.41, 5.74) is 6.61. The summed E-state index contributed by atoms with van der Waals surface area (Å²) >= 11 is 0. The number of benzene rings is 1. The Morgan fingerprint density at radius 3 is 3.06 bits per heavy atom. The van der Waals surface area contributed by atoms with E-state index in [0.717, 1.165) is 13.0 Å². The van der Waals surface area contributed by atoms with Crippen LogP contribution in [0.4, 0.5) is 4.39 Å². The molecule has 1 aromatic rings. The van der Waals surface area contributed by atoms with Crippen molar-refractivity contribution < 1.29 is 13.9 Å². The van der Waals surface area contributed by atoms with Crippen LogP contribution in [-0.4, -0.2) is 25.9 Å². The molecule has 3 nitrogen and oxygen atoms in total. The molecule has 94 valence electrons. The largest absolute Gasteiger partial charge is 0.492 e. The molecule has 1 aliphatic heterocycles. The van der Waals surface area contributed by atoms with Gasteiger partial charge in [0.05, 0.1) is 6.61 Å². The van der Waals surface area contributed by atoms with E-state index in [0.29, 0.717) is 30.4 Å². The first-order chi connectivity index (χ1) is 8.16. The second-order valence-electron chi connectivity index (χ2n) is 4.51. The standard InChI is InChI=1S/C13H18FNO2/c1-9-2-3-11(6-12(9)14)17-8-13(15)10-4-5-16-7-10/h2-3,6,10,13H,4-5,7-8,15H2,1H3. The Morgan fingerprint density at radius 1 is 1.59 bits per heavy atom. The van der Waals surface area contributed by atoms with Gasteiger partial charge in [0.1, 0.15) is 18.2 Å². The van der Waals surface area contributed by atoms with Crippen LogP contribution in [0.1, 0.15) is 12.0 Å². The molecule has 1 saturated heterocycles. The first-order valence-electron chi connectivity index (χ1n) is 5.89. The van der Waals surface area contributed by atoms with Gasteiger partial charge in [-0.2, -0.15) is 0 Å². The third-order valence-electron chi connectivity index (χ3n) is 3.16. The van der Waals surface area contributed by atoms with Crippen LogP contribution < -0.4 is 10.5 Å². The van der Waals surface area contributed by atoms with Gasteiger partial charge in [-0.1, -0.05) is 6.07 Å². The predicted octanol–water partition coefficient (Wildman–Crippen LogP) is 1.88. The van der Waals surface area contributed by atoms with Gasteiger partial charge in [-0.3, -0.25) is 0 Å². The Labute approximate surface area is 101 Å². The highest BCUT2D eigenvalue weighted by Gasteiger charge is 2.23. The van der Waals surface area contributed by atoms with Crippen LogP contribution in [-0.2, 0) is 4.74 Å². The topological polar surface area (TPSA) is 44.5 Å². The fourth-order valence-electron chi connectivity index (χ4n) is 1.88. The molecule has 2 rings (SSSR count). The van der Waals surface area contributed by atoms with E-state index in [1.807, 2.05) is 0 Å². The smallest absolute Gasteiger partial charge is 0.129 e. The molecule has 2 unspecified atom stereocenters. The number of ether oxygens (including phenoxy) is 2. The number of nitrogens with two attached hydrogens (primary N) is 1. The molecule has 0 spiro atoms. The highest BCUT2D eigenvalue weighted by molar-refractivity contribution is 5.28. The second kappa shape index (κ2) is 5.47. The normalized spacial score (nSPS) is 21.5. The minimum Gasteiger partial charge on any atom is -0.492 e. The number of aryl methyl sites for hydroxylation is 1. The van der Waals surface area contributed by atoms with Crippen molar-refractivity contribution in [3.63, 3.8) is 0 Å². The molecule has 4 heteroatoms. The van der Waals surface area contributed by atoms with E-state index in [9.17, 15) is 4.39 Å². The first-order valence-corrected chi connectivity index (χ1v) is 5.89. The Bertz CT molecular complexity index is 378. The molecule has 0 bridgehead atoms. The fourth-order valence-corrected chi connectivity index (χ4v) is 1.88. The summed E-state index contributed by atoms with van der Waals surface area (Å²) in [6, 6.07) is 4.81. The lowest BCUT2D eigenvalue weighted by molar-refractivity contribution is 0.170. The van der Waals surface area contributed by atoms with Gasteiger partial charge in [0.2, 0.25) is 0 Å². The summed E-state index contributed by atoms with van der Waals surface area (Å²) in [4.78, 5) is 0. The molecule has 0 aliphatic carbocycles. The van der Waals surface area contributed by atoms with Gasteiger partial charge in [0.15, 0.2) is 0 Å². The van der Waals surface area contributed by atoms with E-state index in [-0.39, 0.29) is 11.9 Å². The zero-order valence-corrected chi connectivity index (χ0v) is 9.99. The molecular weight excluding hydrogens is 221 g/mol. The van der Waals surface area contributed by atoms with Gasteiger partial charge in [0.25, 0.3) is 0 Å². The lowest BCUT2D eigenvalue weighted by atomic mass is 10.0. The lowest BCUT2D eigenvalue weighted by Crippen LogP contribution is -2.36. The fraction of sp³-hybridized carbons (Fsp3) is 0.538. The van der Waals surface area contributed by atoms with Gasteiger partial charge >= 0.3 is 0 Å². The first kappa shape index (κ1) is 12.3. The Hall–Kier alpha value is -1.13. The van der Waals surface area contributed by atoms with Crippen LogP contribution in [0, 0.1) is 18.7 Å². The minimum absolute atomic E-state index is 0.0538. The molecule has 0 radical (unpaired) electrons. The summed E-state index contributed by atoms with van der Waals surface area (Å²) in [6.45, 7) is 3.60. The van der Waals surface area contributed by atoms with Gasteiger partial charge in [0, 0.05) is 24.6 Å². The maximum atomic E-state index is 13.3. The Kier molecular flexibility index (Phi) is 3.97. The summed E-state index contributed by atoms with van der Waals surface area (Å²) in [7, 11) is 0. The molecule has 1 heterocycles. The molecule has 2 N–H and O–H groups in total. The van der Waals surface area contributed by atoms with Crippen molar-refractivity contribution in [3.8, 4) is 5.75 Å². The molecule has 0 aromatic heterocycles. The molecule has 1 aliphatic rings. The van der Waals surface area contributed by atoms with E-state index in [4.69, 9.17) is 15.2 Å². The SMILES string of the molecule is Cc1ccc(OCC(N)C2CCOC2)cc1F. The van der Waals surface area contributed by atoms with Crippen LogP contribution in [0.25, 0.3) is 0 Å². The zero-order chi connectivity index (χ0) is 12.3. The van der Waals surface area contributed by atoms with E-state index >= 15 is 0 Å². The van der Waals surface area contributed by atoms with Gasteiger partial charge in [-0.05, 0) is 25.0 Å². The summed E-state index contributed by atoms with van der Waals surface area (Å²) in [6.07, 6.45) is 0.979. The van der Waals surface area contributed by atoms with Crippen LogP contribution in [0.2, 0.25) is 0 Å². The summed E-state index contributed by atoms with van der Waals surface area (Å²) in [5.74, 6) is 0.632. The number of halogens is 1. The Balaban J connectivity index is 1.86. The monoisotopic (exact) mass is 239 g/mol. The number of rotatable bonds is 4. The Morgan fingerprint density at radius 2 is 2.41 bits per heavy atom. The average Bonchev–Trinajstić information content (AvgIpc) is 2.84. The summed E-state index contributed by atoms with van der Waals surface area (Å²) in [5, 5.41) is 0. The van der Waals surface area contributed by atoms with E-state index < -0.39 is 0 Å². The van der Waals surface area contributed by atoms with Crippen LogP contribution in [0.15, 0.2) is 18.2 Å². The zero-order valence-electron chi connectivity index (χ0n) is 9.99. The molecule has 1 aromatic carbocycles. The van der Waals surface area contributed by atoms with Gasteiger partial charge in [-0.15, -0.1) is 0 Å². The predicted molar refractivity (Wildman–Crippen MR) is 63.5 cm³/mol. The molecule has 17 heavy (non-hydrogen) atoms. The quantitative estimate of drug-likeness (QED) is 0.872. The summed E-state index contributed by atoms with van der Waals surface area (Å²) < 4.78 is 24.0. The highest BCUT2D eigenvalue weighted by Crippen LogP contribution is 2.19. The molecule has 2 atom stereocenters. The van der Waals surface area contributed by atoms with Crippen LogP contribution >= 0.6 is 0 Å². The van der Waals surface area contributed by atoms with Crippen LogP contribution in [0.3, 0.4) is 0 Å². The van der Waals surface area contributed by atoms with Crippen molar-refractivity contribution >= 4 is 0 Å². The maximum absolute atomic E-state index is 13.3.